The SMILES string of the molecule is O=C(Nc1cc(F)cc([N+](=O)[O-])c1)c1ccc(F)cc1I. The van der Waals surface area contributed by atoms with Crippen LogP contribution in [0.3, 0.4) is 0 Å². The van der Waals surface area contributed by atoms with Crippen LogP contribution in [0.5, 0.6) is 0 Å². The highest BCUT2D eigenvalue weighted by molar-refractivity contribution is 14.1. The summed E-state index contributed by atoms with van der Waals surface area (Å²) in [6.07, 6.45) is 0. The predicted octanol–water partition coefficient (Wildman–Crippen LogP) is 3.73. The highest BCUT2D eigenvalue weighted by Gasteiger charge is 2.14. The molecule has 108 valence electrons. The summed E-state index contributed by atoms with van der Waals surface area (Å²) in [6.45, 7) is 0. The van der Waals surface area contributed by atoms with Crippen LogP contribution in [0.4, 0.5) is 20.2 Å². The van der Waals surface area contributed by atoms with Gasteiger partial charge in [-0.1, -0.05) is 0 Å². The molecule has 0 atom stereocenters. The second kappa shape index (κ2) is 6.12. The van der Waals surface area contributed by atoms with Gasteiger partial charge in [-0.25, -0.2) is 8.78 Å². The summed E-state index contributed by atoms with van der Waals surface area (Å²) in [5.41, 5.74) is -0.338. The topological polar surface area (TPSA) is 72.2 Å². The first-order valence-electron chi connectivity index (χ1n) is 5.58. The monoisotopic (exact) mass is 404 g/mol. The molecule has 21 heavy (non-hydrogen) atoms. The lowest BCUT2D eigenvalue weighted by Gasteiger charge is -2.07. The van der Waals surface area contributed by atoms with Crippen LogP contribution in [-0.4, -0.2) is 10.8 Å². The minimum absolute atomic E-state index is 0.0492. The Hall–Kier alpha value is -2.10. The van der Waals surface area contributed by atoms with Gasteiger partial charge in [0.15, 0.2) is 0 Å². The Bertz CT molecular complexity index is 737. The lowest BCUT2D eigenvalue weighted by atomic mass is 10.2. The van der Waals surface area contributed by atoms with Crippen molar-refractivity contribution in [1.29, 1.82) is 0 Å². The van der Waals surface area contributed by atoms with E-state index in [1.807, 2.05) is 0 Å². The minimum atomic E-state index is -0.840. The highest BCUT2D eigenvalue weighted by atomic mass is 127. The van der Waals surface area contributed by atoms with Crippen molar-refractivity contribution in [2.45, 2.75) is 0 Å². The van der Waals surface area contributed by atoms with Gasteiger partial charge in [0.2, 0.25) is 0 Å². The predicted molar refractivity (Wildman–Crippen MR) is 80.1 cm³/mol. The molecule has 2 aromatic rings. The van der Waals surface area contributed by atoms with Crippen LogP contribution < -0.4 is 5.32 Å². The van der Waals surface area contributed by atoms with Gasteiger partial charge in [-0.2, -0.15) is 0 Å². The lowest BCUT2D eigenvalue weighted by Crippen LogP contribution is -2.14. The molecule has 2 rings (SSSR count). The third-order valence-corrected chi connectivity index (χ3v) is 3.42. The van der Waals surface area contributed by atoms with Crippen molar-refractivity contribution in [3.05, 3.63) is 67.3 Å². The van der Waals surface area contributed by atoms with E-state index in [9.17, 15) is 23.7 Å². The second-order valence-corrected chi connectivity index (χ2v) is 5.20. The number of hydrogen-bond acceptors (Lipinski definition) is 3. The molecule has 0 saturated carbocycles. The average Bonchev–Trinajstić information content (AvgIpc) is 2.37. The summed E-state index contributed by atoms with van der Waals surface area (Å²) in [5, 5.41) is 13.0. The Morgan fingerprint density at radius 2 is 1.86 bits per heavy atom. The third-order valence-electron chi connectivity index (χ3n) is 2.53. The van der Waals surface area contributed by atoms with Crippen LogP contribution in [0.15, 0.2) is 36.4 Å². The number of halogens is 3. The number of nitro groups is 1. The summed E-state index contributed by atoms with van der Waals surface area (Å²) in [6, 6.07) is 6.31. The fourth-order valence-electron chi connectivity index (χ4n) is 1.62. The van der Waals surface area contributed by atoms with Gasteiger partial charge in [0, 0.05) is 9.64 Å². The molecule has 0 heterocycles. The standard InChI is InChI=1S/C13H7F2IN2O3/c14-7-1-2-11(12(16)5-7)13(19)17-9-3-8(15)4-10(6-9)18(20)21/h1-6H,(H,17,19). The molecule has 0 aliphatic rings. The largest absolute Gasteiger partial charge is 0.322 e. The van der Waals surface area contributed by atoms with Crippen molar-refractivity contribution in [3.63, 3.8) is 0 Å². The van der Waals surface area contributed by atoms with Gasteiger partial charge in [-0.3, -0.25) is 14.9 Å². The summed E-state index contributed by atoms with van der Waals surface area (Å²) in [4.78, 5) is 21.9. The molecule has 1 amide bonds. The van der Waals surface area contributed by atoms with Gasteiger partial charge < -0.3 is 5.32 Å². The van der Waals surface area contributed by atoms with Gasteiger partial charge in [0.25, 0.3) is 11.6 Å². The number of hydrogen-bond donors (Lipinski definition) is 1. The Morgan fingerprint density at radius 1 is 1.14 bits per heavy atom. The fraction of sp³-hybridized carbons (Fsp3) is 0. The molecule has 1 N–H and O–H groups in total. The molecule has 0 fully saturated rings. The van der Waals surface area contributed by atoms with Crippen LogP contribution in [0.2, 0.25) is 0 Å². The van der Waals surface area contributed by atoms with Crippen LogP contribution >= 0.6 is 22.6 Å². The number of benzene rings is 2. The van der Waals surface area contributed by atoms with Crippen molar-refractivity contribution in [2.24, 2.45) is 0 Å². The maximum atomic E-state index is 13.3. The van der Waals surface area contributed by atoms with Gasteiger partial charge >= 0.3 is 0 Å². The van der Waals surface area contributed by atoms with Gasteiger partial charge in [0.05, 0.1) is 22.2 Å². The minimum Gasteiger partial charge on any atom is -0.322 e. The molecular weight excluding hydrogens is 397 g/mol. The van der Waals surface area contributed by atoms with E-state index >= 15 is 0 Å². The Balaban J connectivity index is 2.29. The summed E-state index contributed by atoms with van der Waals surface area (Å²) in [5.74, 6) is -1.94. The first kappa shape index (κ1) is 15.3. The van der Waals surface area contributed by atoms with Crippen molar-refractivity contribution in [2.75, 3.05) is 5.32 Å². The van der Waals surface area contributed by atoms with E-state index < -0.39 is 28.2 Å². The molecular formula is C13H7F2IN2O3. The second-order valence-electron chi connectivity index (χ2n) is 4.03. The van der Waals surface area contributed by atoms with Crippen molar-refractivity contribution in [3.8, 4) is 0 Å². The van der Waals surface area contributed by atoms with E-state index in [0.717, 1.165) is 24.3 Å². The first-order valence-corrected chi connectivity index (χ1v) is 6.66. The zero-order valence-electron chi connectivity index (χ0n) is 10.3. The number of carbonyl (C=O) groups is 1. The van der Waals surface area contributed by atoms with Gasteiger partial charge in [-0.05, 0) is 46.9 Å². The lowest BCUT2D eigenvalue weighted by molar-refractivity contribution is -0.385. The van der Waals surface area contributed by atoms with E-state index in [0.29, 0.717) is 3.57 Å². The summed E-state index contributed by atoms with van der Waals surface area (Å²) < 4.78 is 26.6. The molecule has 0 aliphatic heterocycles. The number of carbonyl (C=O) groups excluding carboxylic acids is 1. The maximum Gasteiger partial charge on any atom is 0.274 e. The Labute approximate surface area is 131 Å². The van der Waals surface area contributed by atoms with Crippen molar-refractivity contribution < 1.29 is 18.5 Å². The van der Waals surface area contributed by atoms with E-state index in [4.69, 9.17) is 0 Å². The zero-order valence-corrected chi connectivity index (χ0v) is 12.4. The maximum absolute atomic E-state index is 13.3. The number of non-ortho nitro benzene ring substituents is 1. The number of rotatable bonds is 3. The molecule has 0 radical (unpaired) electrons. The molecule has 0 aromatic heterocycles. The van der Waals surface area contributed by atoms with E-state index in [2.05, 4.69) is 5.32 Å². The number of nitrogens with zero attached hydrogens (tertiary/aromatic N) is 1. The first-order chi connectivity index (χ1) is 9.86. The van der Waals surface area contributed by atoms with Crippen molar-refractivity contribution >= 4 is 39.9 Å². The number of anilines is 1. The third kappa shape index (κ3) is 3.72. The summed E-state index contributed by atoms with van der Waals surface area (Å²) >= 11 is 1.78. The highest BCUT2D eigenvalue weighted by Crippen LogP contribution is 2.21. The van der Waals surface area contributed by atoms with E-state index in [1.165, 1.54) is 12.1 Å². The number of nitrogens with one attached hydrogen (secondary N) is 1. The molecule has 0 spiro atoms. The van der Waals surface area contributed by atoms with E-state index in [1.54, 1.807) is 22.6 Å². The molecule has 0 aliphatic carbocycles. The zero-order chi connectivity index (χ0) is 15.6. The normalized spacial score (nSPS) is 10.2. The Morgan fingerprint density at radius 3 is 2.48 bits per heavy atom. The smallest absolute Gasteiger partial charge is 0.274 e. The van der Waals surface area contributed by atoms with Crippen LogP contribution in [0, 0.1) is 25.3 Å². The summed E-state index contributed by atoms with van der Waals surface area (Å²) in [7, 11) is 0. The molecule has 0 bridgehead atoms. The van der Waals surface area contributed by atoms with Crippen molar-refractivity contribution in [1.82, 2.24) is 0 Å². The molecule has 2 aromatic carbocycles. The van der Waals surface area contributed by atoms with Crippen LogP contribution in [-0.2, 0) is 0 Å². The molecule has 0 unspecified atom stereocenters. The fourth-order valence-corrected chi connectivity index (χ4v) is 2.35. The van der Waals surface area contributed by atoms with Gasteiger partial charge in [0.1, 0.15) is 11.6 Å². The quantitative estimate of drug-likeness (QED) is 0.482. The van der Waals surface area contributed by atoms with Crippen LogP contribution in [0.25, 0.3) is 0 Å². The number of amides is 1. The molecule has 8 heteroatoms. The Kier molecular flexibility index (Phi) is 4.46. The van der Waals surface area contributed by atoms with E-state index in [-0.39, 0.29) is 11.3 Å². The van der Waals surface area contributed by atoms with Gasteiger partial charge in [-0.15, -0.1) is 0 Å². The van der Waals surface area contributed by atoms with Crippen LogP contribution in [0.1, 0.15) is 10.4 Å². The average molecular weight is 404 g/mol. The molecule has 0 saturated heterocycles. The molecule has 5 nitrogen and oxygen atoms in total. The number of nitro benzene ring substituents is 1.